The summed E-state index contributed by atoms with van der Waals surface area (Å²) >= 11 is 1.68. The molecule has 1 saturated carbocycles. The molecule has 1 aromatic rings. The van der Waals surface area contributed by atoms with Crippen molar-refractivity contribution in [2.24, 2.45) is 10.4 Å². The second-order valence-corrected chi connectivity index (χ2v) is 7.98. The molecule has 1 aliphatic rings. The summed E-state index contributed by atoms with van der Waals surface area (Å²) in [5.41, 5.74) is 0.790. The van der Waals surface area contributed by atoms with Crippen molar-refractivity contribution in [3.63, 3.8) is 0 Å². The molecule has 0 aromatic carbocycles. The van der Waals surface area contributed by atoms with Gasteiger partial charge in [0.25, 0.3) is 0 Å². The number of aryl methyl sites for hydroxylation is 1. The molecular formula is C18H32IN5OS. The molecule has 1 aliphatic carbocycles. The summed E-state index contributed by atoms with van der Waals surface area (Å²) in [5.74, 6) is 0.995. The number of halogens is 1. The Hall–Kier alpha value is -0.900. The molecule has 0 unspecified atom stereocenters. The molecule has 0 bridgehead atoms. The molecule has 1 amide bonds. The number of guanidine groups is 1. The van der Waals surface area contributed by atoms with Crippen LogP contribution in [0.15, 0.2) is 10.4 Å². The Bertz CT molecular complexity index is 596. The van der Waals surface area contributed by atoms with Crippen LogP contribution in [0.25, 0.3) is 0 Å². The molecule has 1 heterocycles. The van der Waals surface area contributed by atoms with E-state index in [0.29, 0.717) is 6.54 Å². The molecule has 1 aromatic heterocycles. The lowest BCUT2D eigenvalue weighted by atomic mass is 9.85. The summed E-state index contributed by atoms with van der Waals surface area (Å²) in [6.45, 7) is 6.21. The first kappa shape index (κ1) is 23.1. The van der Waals surface area contributed by atoms with Gasteiger partial charge < -0.3 is 15.5 Å². The highest BCUT2D eigenvalue weighted by Crippen LogP contribution is 2.39. The highest BCUT2D eigenvalue weighted by molar-refractivity contribution is 14.0. The molecule has 1 fully saturated rings. The number of nitrogens with one attached hydrogen (secondary N) is 2. The Labute approximate surface area is 178 Å². The molecule has 0 aliphatic heterocycles. The molecular weight excluding hydrogens is 461 g/mol. The Kier molecular flexibility index (Phi) is 9.84. The summed E-state index contributed by atoms with van der Waals surface area (Å²) in [6.07, 6.45) is 4.97. The SMILES string of the molecule is CCNC(=NCC1(C(=O)N(C)C)CCCC1)NCCc1csc(C)n1.I. The van der Waals surface area contributed by atoms with E-state index in [0.717, 1.165) is 61.9 Å². The van der Waals surface area contributed by atoms with Gasteiger partial charge in [0, 0.05) is 39.0 Å². The van der Waals surface area contributed by atoms with E-state index < -0.39 is 0 Å². The first-order valence-corrected chi connectivity index (χ1v) is 10.00. The van der Waals surface area contributed by atoms with Crippen LogP contribution in [0.2, 0.25) is 0 Å². The quantitative estimate of drug-likeness (QED) is 0.348. The molecule has 8 heteroatoms. The molecule has 2 N–H and O–H groups in total. The highest BCUT2D eigenvalue weighted by Gasteiger charge is 2.41. The molecule has 26 heavy (non-hydrogen) atoms. The van der Waals surface area contributed by atoms with Gasteiger partial charge in [-0.25, -0.2) is 4.98 Å². The maximum Gasteiger partial charge on any atom is 0.230 e. The Balaban J connectivity index is 0.00000338. The minimum absolute atomic E-state index is 0. The number of nitrogens with zero attached hydrogens (tertiary/aromatic N) is 3. The fraction of sp³-hybridized carbons (Fsp3) is 0.722. The van der Waals surface area contributed by atoms with E-state index in [1.807, 2.05) is 21.0 Å². The van der Waals surface area contributed by atoms with Crippen molar-refractivity contribution in [2.75, 3.05) is 33.7 Å². The number of aromatic nitrogens is 1. The van der Waals surface area contributed by atoms with Crippen molar-refractivity contribution in [2.45, 2.75) is 46.0 Å². The van der Waals surface area contributed by atoms with Gasteiger partial charge >= 0.3 is 0 Å². The second kappa shape index (κ2) is 11.1. The van der Waals surface area contributed by atoms with Gasteiger partial charge in [0.15, 0.2) is 5.96 Å². The molecule has 0 saturated heterocycles. The van der Waals surface area contributed by atoms with Gasteiger partial charge in [-0.15, -0.1) is 35.3 Å². The van der Waals surface area contributed by atoms with E-state index in [1.165, 1.54) is 0 Å². The average molecular weight is 493 g/mol. The molecule has 2 rings (SSSR count). The largest absolute Gasteiger partial charge is 0.357 e. The summed E-state index contributed by atoms with van der Waals surface area (Å²) in [5, 5.41) is 9.85. The lowest BCUT2D eigenvalue weighted by Gasteiger charge is -2.29. The van der Waals surface area contributed by atoms with Gasteiger partial charge in [0.1, 0.15) is 0 Å². The van der Waals surface area contributed by atoms with Gasteiger partial charge in [-0.1, -0.05) is 12.8 Å². The predicted molar refractivity (Wildman–Crippen MR) is 120 cm³/mol. The fourth-order valence-corrected chi connectivity index (χ4v) is 4.02. The van der Waals surface area contributed by atoms with Crippen LogP contribution in [-0.4, -0.2) is 55.5 Å². The predicted octanol–water partition coefficient (Wildman–Crippen LogP) is 2.82. The van der Waals surface area contributed by atoms with Crippen LogP contribution in [0.3, 0.4) is 0 Å². The first-order valence-electron chi connectivity index (χ1n) is 9.12. The topological polar surface area (TPSA) is 69.6 Å². The van der Waals surface area contributed by atoms with Gasteiger partial charge in [0.2, 0.25) is 5.91 Å². The fourth-order valence-electron chi connectivity index (χ4n) is 3.37. The van der Waals surface area contributed by atoms with Crippen molar-refractivity contribution in [1.29, 1.82) is 0 Å². The number of thiazole rings is 1. The summed E-state index contributed by atoms with van der Waals surface area (Å²) < 4.78 is 0. The summed E-state index contributed by atoms with van der Waals surface area (Å²) in [4.78, 5) is 23.6. The number of carbonyl (C=O) groups is 1. The Morgan fingerprint density at radius 3 is 2.58 bits per heavy atom. The minimum Gasteiger partial charge on any atom is -0.357 e. The number of rotatable bonds is 7. The maximum atomic E-state index is 12.6. The first-order chi connectivity index (χ1) is 12.0. The maximum absolute atomic E-state index is 12.6. The van der Waals surface area contributed by atoms with E-state index >= 15 is 0 Å². The van der Waals surface area contributed by atoms with Crippen LogP contribution in [0.4, 0.5) is 0 Å². The molecule has 0 atom stereocenters. The third-order valence-corrected chi connectivity index (χ3v) is 5.47. The van der Waals surface area contributed by atoms with Crippen molar-refractivity contribution in [1.82, 2.24) is 20.5 Å². The monoisotopic (exact) mass is 493 g/mol. The van der Waals surface area contributed by atoms with E-state index in [9.17, 15) is 4.79 Å². The van der Waals surface area contributed by atoms with Crippen LogP contribution >= 0.6 is 35.3 Å². The summed E-state index contributed by atoms with van der Waals surface area (Å²) in [6, 6.07) is 0. The van der Waals surface area contributed by atoms with E-state index in [2.05, 4.69) is 27.9 Å². The van der Waals surface area contributed by atoms with Gasteiger partial charge in [-0.3, -0.25) is 9.79 Å². The number of amides is 1. The van der Waals surface area contributed by atoms with Crippen molar-refractivity contribution >= 4 is 47.2 Å². The van der Waals surface area contributed by atoms with Gasteiger partial charge in [-0.2, -0.15) is 0 Å². The standard InChI is InChI=1S/C18H31N5OS.HI/c1-5-19-17(20-11-8-15-12-25-14(2)22-15)21-13-18(9-6-7-10-18)16(24)23(3)4;/h12H,5-11,13H2,1-4H3,(H2,19,20,21);1H. The minimum atomic E-state index is -0.322. The van der Waals surface area contributed by atoms with Crippen molar-refractivity contribution in [3.05, 3.63) is 16.1 Å². The summed E-state index contributed by atoms with van der Waals surface area (Å²) in [7, 11) is 3.68. The molecule has 6 nitrogen and oxygen atoms in total. The van der Waals surface area contributed by atoms with Crippen molar-refractivity contribution in [3.8, 4) is 0 Å². The van der Waals surface area contributed by atoms with E-state index in [1.54, 1.807) is 16.2 Å². The van der Waals surface area contributed by atoms with Crippen LogP contribution in [-0.2, 0) is 11.2 Å². The third-order valence-electron chi connectivity index (χ3n) is 4.64. The highest BCUT2D eigenvalue weighted by atomic mass is 127. The van der Waals surface area contributed by atoms with Crippen molar-refractivity contribution < 1.29 is 4.79 Å². The number of aliphatic imine (C=N–C) groups is 1. The average Bonchev–Trinajstić information content (AvgIpc) is 3.22. The zero-order chi connectivity index (χ0) is 18.3. The van der Waals surface area contributed by atoms with Gasteiger partial charge in [-0.05, 0) is 26.7 Å². The van der Waals surface area contributed by atoms with Crippen LogP contribution < -0.4 is 10.6 Å². The molecule has 148 valence electrons. The van der Waals surface area contributed by atoms with Crippen LogP contribution in [0.5, 0.6) is 0 Å². The van der Waals surface area contributed by atoms with E-state index in [4.69, 9.17) is 4.99 Å². The second-order valence-electron chi connectivity index (χ2n) is 6.92. The van der Waals surface area contributed by atoms with E-state index in [-0.39, 0.29) is 35.3 Å². The molecule has 0 spiro atoms. The Morgan fingerprint density at radius 2 is 2.04 bits per heavy atom. The number of carbonyl (C=O) groups excluding carboxylic acids is 1. The van der Waals surface area contributed by atoms with Crippen LogP contribution in [0.1, 0.15) is 43.3 Å². The number of hydrogen-bond acceptors (Lipinski definition) is 4. The lowest BCUT2D eigenvalue weighted by Crippen LogP contribution is -2.43. The number of hydrogen-bond donors (Lipinski definition) is 2. The zero-order valence-electron chi connectivity index (χ0n) is 16.3. The smallest absolute Gasteiger partial charge is 0.230 e. The molecule has 0 radical (unpaired) electrons. The lowest BCUT2D eigenvalue weighted by molar-refractivity contribution is -0.138. The Morgan fingerprint density at radius 1 is 1.35 bits per heavy atom. The third kappa shape index (κ3) is 6.37. The normalized spacial score (nSPS) is 16.1. The van der Waals surface area contributed by atoms with Gasteiger partial charge in [0.05, 0.1) is 22.7 Å². The zero-order valence-corrected chi connectivity index (χ0v) is 19.4. The van der Waals surface area contributed by atoms with Crippen LogP contribution in [0, 0.1) is 12.3 Å².